The highest BCUT2D eigenvalue weighted by Gasteiger charge is 2.71. The molecule has 33 heavy (non-hydrogen) atoms. The highest BCUT2D eigenvalue weighted by molar-refractivity contribution is 5.85. The number of rotatable bonds is 5. The first-order valence-electron chi connectivity index (χ1n) is 13.7. The second kappa shape index (κ2) is 7.92. The number of fused-ring (bicyclic) bond motifs is 5. The van der Waals surface area contributed by atoms with Crippen molar-refractivity contribution in [3.63, 3.8) is 0 Å². The molecule has 0 aliphatic heterocycles. The molecule has 4 aliphatic carbocycles. The van der Waals surface area contributed by atoms with Crippen molar-refractivity contribution < 1.29 is 15.0 Å². The average molecular weight is 459 g/mol. The molecule has 0 spiro atoms. The molecule has 0 radical (unpaired) electrons. The van der Waals surface area contributed by atoms with Crippen LogP contribution in [0, 0.1) is 45.3 Å². The predicted molar refractivity (Wildman–Crippen MR) is 135 cm³/mol. The van der Waals surface area contributed by atoms with Gasteiger partial charge in [0.15, 0.2) is 0 Å². The fraction of sp³-hybridized carbons (Fsp3) is 0.900. The third kappa shape index (κ3) is 3.53. The Morgan fingerprint density at radius 2 is 1.70 bits per heavy atom. The molecule has 2 N–H and O–H groups in total. The number of Topliss-reactive ketones (excluding diaryl/α,β-unsaturated/α-hetero) is 1. The van der Waals surface area contributed by atoms with Crippen molar-refractivity contribution >= 4 is 5.78 Å². The smallest absolute Gasteiger partial charge is 0.138 e. The molecule has 0 aromatic carbocycles. The van der Waals surface area contributed by atoms with Crippen LogP contribution in [-0.4, -0.2) is 27.7 Å². The van der Waals surface area contributed by atoms with Crippen LogP contribution in [0.25, 0.3) is 0 Å². The Balaban J connectivity index is 1.65. The summed E-state index contributed by atoms with van der Waals surface area (Å²) in [4.78, 5) is 12.9. The Bertz CT molecular complexity index is 811. The minimum atomic E-state index is -0.748. The van der Waals surface area contributed by atoms with Gasteiger partial charge in [0.05, 0.1) is 11.7 Å². The van der Waals surface area contributed by atoms with Crippen LogP contribution in [-0.2, 0) is 4.79 Å². The van der Waals surface area contributed by atoms with Crippen LogP contribution in [0.5, 0.6) is 0 Å². The molecule has 9 atom stereocenters. The first-order chi connectivity index (χ1) is 15.1. The summed E-state index contributed by atoms with van der Waals surface area (Å²) in [6.07, 6.45) is 9.15. The molecule has 3 heteroatoms. The second-order valence-corrected chi connectivity index (χ2v) is 14.3. The fourth-order valence-corrected chi connectivity index (χ4v) is 10.2. The molecule has 0 aromatic heterocycles. The van der Waals surface area contributed by atoms with Crippen molar-refractivity contribution in [2.45, 2.75) is 124 Å². The lowest BCUT2D eigenvalue weighted by atomic mass is 9.35. The van der Waals surface area contributed by atoms with Crippen LogP contribution in [0.2, 0.25) is 0 Å². The van der Waals surface area contributed by atoms with Gasteiger partial charge >= 0.3 is 0 Å². The van der Waals surface area contributed by atoms with Gasteiger partial charge in [0, 0.05) is 11.8 Å². The Kier molecular flexibility index (Phi) is 6.10. The van der Waals surface area contributed by atoms with E-state index < -0.39 is 5.60 Å². The standard InChI is InChI=1S/C30H50O3/c1-19(2)10-9-14-30(8,33)20-11-16-29(7)25(20)21(31)18-23-27(5)15-13-24(32)26(3,4)22(27)12-17-28(23,29)6/h20-23,25,31,33H,1,9-18H2,2-8H3/t20-,21+,22-,23+,25-,27-,28+,29+,30-/m0/s1. The molecular weight excluding hydrogens is 408 g/mol. The molecular formula is C30H50O3. The molecule has 4 saturated carbocycles. The van der Waals surface area contributed by atoms with Crippen LogP contribution in [0.4, 0.5) is 0 Å². The third-order valence-corrected chi connectivity index (χ3v) is 12.2. The number of carbonyl (C=O) groups is 1. The zero-order valence-corrected chi connectivity index (χ0v) is 22.5. The summed E-state index contributed by atoms with van der Waals surface area (Å²) in [5.74, 6) is 1.56. The van der Waals surface area contributed by atoms with E-state index in [0.29, 0.717) is 24.0 Å². The zero-order chi connectivity index (χ0) is 24.6. The van der Waals surface area contributed by atoms with Gasteiger partial charge in [-0.05, 0) is 112 Å². The molecule has 0 bridgehead atoms. The molecule has 4 rings (SSSR count). The first-order valence-corrected chi connectivity index (χ1v) is 13.7. The maximum absolute atomic E-state index is 12.9. The topological polar surface area (TPSA) is 57.5 Å². The SMILES string of the molecule is C=C(C)CCC[C@](C)(O)[C@H]1CC[C@]2(C)[C@@H]1[C@H](O)C[C@@H]1[C@@]3(C)CCC(=O)C(C)(C)[C@@H]3CC[C@]12C. The second-order valence-electron chi connectivity index (χ2n) is 14.3. The monoisotopic (exact) mass is 458 g/mol. The summed E-state index contributed by atoms with van der Waals surface area (Å²) in [6.45, 7) is 19.9. The molecule has 0 saturated heterocycles. The van der Waals surface area contributed by atoms with Crippen LogP contribution in [0.3, 0.4) is 0 Å². The summed E-state index contributed by atoms with van der Waals surface area (Å²) < 4.78 is 0. The van der Waals surface area contributed by atoms with Gasteiger partial charge in [-0.3, -0.25) is 4.79 Å². The lowest BCUT2D eigenvalue weighted by Gasteiger charge is -2.69. The van der Waals surface area contributed by atoms with Gasteiger partial charge in [-0.25, -0.2) is 0 Å². The van der Waals surface area contributed by atoms with E-state index in [1.807, 2.05) is 6.92 Å². The summed E-state index contributed by atoms with van der Waals surface area (Å²) >= 11 is 0. The fourth-order valence-electron chi connectivity index (χ4n) is 10.2. The highest BCUT2D eigenvalue weighted by Crippen LogP contribution is 2.75. The van der Waals surface area contributed by atoms with Crippen molar-refractivity contribution in [3.8, 4) is 0 Å². The van der Waals surface area contributed by atoms with Gasteiger partial charge in [-0.2, -0.15) is 0 Å². The number of allylic oxidation sites excluding steroid dienone is 1. The van der Waals surface area contributed by atoms with Crippen LogP contribution in [0.1, 0.15) is 113 Å². The number of aliphatic hydroxyl groups excluding tert-OH is 1. The van der Waals surface area contributed by atoms with E-state index in [1.54, 1.807) is 0 Å². The van der Waals surface area contributed by atoms with E-state index in [2.05, 4.69) is 48.1 Å². The van der Waals surface area contributed by atoms with E-state index in [1.165, 1.54) is 5.57 Å². The third-order valence-electron chi connectivity index (χ3n) is 12.2. The zero-order valence-electron chi connectivity index (χ0n) is 22.5. The molecule has 0 aromatic rings. The van der Waals surface area contributed by atoms with Gasteiger partial charge in [-0.15, -0.1) is 6.58 Å². The van der Waals surface area contributed by atoms with Crippen molar-refractivity contribution in [2.75, 3.05) is 0 Å². The molecule has 0 amide bonds. The number of hydrogen-bond acceptors (Lipinski definition) is 3. The van der Waals surface area contributed by atoms with Crippen LogP contribution in [0.15, 0.2) is 12.2 Å². The van der Waals surface area contributed by atoms with Gasteiger partial charge in [-0.1, -0.05) is 40.2 Å². The van der Waals surface area contributed by atoms with Gasteiger partial charge in [0.25, 0.3) is 0 Å². The van der Waals surface area contributed by atoms with E-state index in [0.717, 1.165) is 57.8 Å². The first kappa shape index (κ1) is 25.4. The Morgan fingerprint density at radius 1 is 1.06 bits per heavy atom. The maximum Gasteiger partial charge on any atom is 0.138 e. The summed E-state index contributed by atoms with van der Waals surface area (Å²) in [7, 11) is 0. The lowest BCUT2D eigenvalue weighted by Crippen LogP contribution is -2.66. The number of hydrogen-bond donors (Lipinski definition) is 2. The Morgan fingerprint density at radius 3 is 2.33 bits per heavy atom. The van der Waals surface area contributed by atoms with Gasteiger partial charge in [0.1, 0.15) is 5.78 Å². The minimum absolute atomic E-state index is 0.0257. The van der Waals surface area contributed by atoms with Crippen molar-refractivity contribution in [1.82, 2.24) is 0 Å². The number of ketones is 1. The van der Waals surface area contributed by atoms with E-state index >= 15 is 0 Å². The van der Waals surface area contributed by atoms with Crippen LogP contribution >= 0.6 is 0 Å². The molecule has 4 fully saturated rings. The highest BCUT2D eigenvalue weighted by atomic mass is 16.3. The van der Waals surface area contributed by atoms with Gasteiger partial charge in [0.2, 0.25) is 0 Å². The Labute approximate surface area is 202 Å². The van der Waals surface area contributed by atoms with Crippen molar-refractivity contribution in [1.29, 1.82) is 0 Å². The summed E-state index contributed by atoms with van der Waals surface area (Å²) in [5.41, 5.74) is 0.430. The average Bonchev–Trinajstić information content (AvgIpc) is 3.08. The molecule has 4 aliphatic rings. The minimum Gasteiger partial charge on any atom is -0.393 e. The summed E-state index contributed by atoms with van der Waals surface area (Å²) in [6, 6.07) is 0. The maximum atomic E-state index is 12.9. The van der Waals surface area contributed by atoms with Gasteiger partial charge < -0.3 is 10.2 Å². The molecule has 0 heterocycles. The largest absolute Gasteiger partial charge is 0.393 e. The Hall–Kier alpha value is -0.670. The molecule has 0 unspecified atom stereocenters. The predicted octanol–water partition coefficient (Wildman–Crippen LogP) is 6.71. The molecule has 3 nitrogen and oxygen atoms in total. The van der Waals surface area contributed by atoms with Crippen molar-refractivity contribution in [2.24, 2.45) is 45.3 Å². The lowest BCUT2D eigenvalue weighted by molar-refractivity contribution is -0.232. The summed E-state index contributed by atoms with van der Waals surface area (Å²) in [5, 5.41) is 23.4. The number of aliphatic hydroxyl groups is 2. The van der Waals surface area contributed by atoms with E-state index in [4.69, 9.17) is 0 Å². The van der Waals surface area contributed by atoms with E-state index in [9.17, 15) is 15.0 Å². The van der Waals surface area contributed by atoms with E-state index in [-0.39, 0.29) is 39.6 Å². The quantitative estimate of drug-likeness (QED) is 0.450. The molecule has 188 valence electrons. The number of carbonyl (C=O) groups excluding carboxylic acids is 1. The normalized spacial score (nSPS) is 48.4. The van der Waals surface area contributed by atoms with Crippen molar-refractivity contribution in [3.05, 3.63) is 12.2 Å². The van der Waals surface area contributed by atoms with Crippen LogP contribution < -0.4 is 0 Å².